The zero-order valence-electron chi connectivity index (χ0n) is 12.5. The van der Waals surface area contributed by atoms with E-state index in [1.807, 2.05) is 0 Å². The third-order valence-electron chi connectivity index (χ3n) is 3.32. The van der Waals surface area contributed by atoms with Gasteiger partial charge in [-0.3, -0.25) is 19.5 Å². The first-order valence-electron chi connectivity index (χ1n) is 6.95. The number of benzene rings is 1. The number of oxazole rings is 1. The van der Waals surface area contributed by atoms with Crippen molar-refractivity contribution in [2.24, 2.45) is 0 Å². The first-order valence-corrected chi connectivity index (χ1v) is 6.95. The highest BCUT2D eigenvalue weighted by Gasteiger charge is 2.15. The standard InChI is InChI=1S/C14H12N4O6/c1-8-6-12(16-24-8)15-13(19)4-5-17-10-3-2-9(18(21)22)7-11(10)23-14(17)20/h2-3,6-7H,4-5H2,1H3,(H,15,16,19). The Morgan fingerprint density at radius 2 is 2.21 bits per heavy atom. The van der Waals surface area contributed by atoms with E-state index in [0.29, 0.717) is 11.3 Å². The van der Waals surface area contributed by atoms with Gasteiger partial charge in [0.1, 0.15) is 5.76 Å². The molecule has 2 aromatic heterocycles. The monoisotopic (exact) mass is 332 g/mol. The summed E-state index contributed by atoms with van der Waals surface area (Å²) in [5.41, 5.74) is 0.306. The van der Waals surface area contributed by atoms with Gasteiger partial charge in [-0.15, -0.1) is 0 Å². The Balaban J connectivity index is 1.75. The summed E-state index contributed by atoms with van der Waals surface area (Å²) in [4.78, 5) is 33.9. The maximum atomic E-state index is 11.9. The minimum absolute atomic E-state index is 0.00254. The molecule has 3 aromatic rings. The second-order valence-corrected chi connectivity index (χ2v) is 5.05. The minimum atomic E-state index is -0.685. The number of aromatic nitrogens is 2. The topological polar surface area (TPSA) is 133 Å². The summed E-state index contributed by atoms with van der Waals surface area (Å²) in [6.07, 6.45) is -0.00254. The number of nitrogens with one attached hydrogen (secondary N) is 1. The SMILES string of the molecule is Cc1cc(NC(=O)CCn2c(=O)oc3cc([N+](=O)[O-])ccc32)no1. The Hall–Kier alpha value is -3.43. The Morgan fingerprint density at radius 1 is 1.42 bits per heavy atom. The van der Waals surface area contributed by atoms with Gasteiger partial charge in [-0.1, -0.05) is 5.16 Å². The number of hydrogen-bond acceptors (Lipinski definition) is 7. The molecule has 24 heavy (non-hydrogen) atoms. The van der Waals surface area contributed by atoms with Crippen molar-refractivity contribution in [1.82, 2.24) is 9.72 Å². The van der Waals surface area contributed by atoms with Gasteiger partial charge >= 0.3 is 5.76 Å². The van der Waals surface area contributed by atoms with Crippen LogP contribution in [0.25, 0.3) is 11.1 Å². The number of amides is 1. The summed E-state index contributed by atoms with van der Waals surface area (Å²) in [6, 6.07) is 5.42. The average Bonchev–Trinajstić information content (AvgIpc) is 3.06. The van der Waals surface area contributed by atoms with E-state index in [0.717, 1.165) is 0 Å². The van der Waals surface area contributed by atoms with Gasteiger partial charge in [-0.25, -0.2) is 4.79 Å². The second-order valence-electron chi connectivity index (χ2n) is 5.05. The highest BCUT2D eigenvalue weighted by Crippen LogP contribution is 2.20. The van der Waals surface area contributed by atoms with E-state index in [2.05, 4.69) is 10.5 Å². The van der Waals surface area contributed by atoms with E-state index in [4.69, 9.17) is 8.94 Å². The normalized spacial score (nSPS) is 10.9. The molecule has 2 heterocycles. The molecule has 0 aliphatic rings. The summed E-state index contributed by atoms with van der Waals surface area (Å²) in [7, 11) is 0. The molecule has 3 rings (SSSR count). The minimum Gasteiger partial charge on any atom is -0.407 e. The van der Waals surface area contributed by atoms with Crippen molar-refractivity contribution < 1.29 is 18.7 Å². The van der Waals surface area contributed by atoms with Gasteiger partial charge in [0.15, 0.2) is 11.4 Å². The molecule has 0 fully saturated rings. The molecule has 1 amide bonds. The predicted octanol–water partition coefficient (Wildman–Crippen LogP) is 1.83. The smallest absolute Gasteiger partial charge is 0.407 e. The summed E-state index contributed by atoms with van der Waals surface area (Å²) < 4.78 is 11.1. The molecular formula is C14H12N4O6. The molecule has 0 saturated heterocycles. The van der Waals surface area contributed by atoms with Crippen LogP contribution < -0.4 is 11.1 Å². The predicted molar refractivity (Wildman–Crippen MR) is 81.6 cm³/mol. The van der Waals surface area contributed by atoms with Crippen molar-refractivity contribution in [3.8, 4) is 0 Å². The molecule has 0 radical (unpaired) electrons. The van der Waals surface area contributed by atoms with Crippen LogP contribution in [0.3, 0.4) is 0 Å². The molecule has 0 aliphatic heterocycles. The number of nitrogens with zero attached hydrogens (tertiary/aromatic N) is 3. The first-order chi connectivity index (χ1) is 11.4. The number of rotatable bonds is 5. The lowest BCUT2D eigenvalue weighted by molar-refractivity contribution is -0.384. The lowest BCUT2D eigenvalue weighted by Gasteiger charge is -2.02. The van der Waals surface area contributed by atoms with E-state index in [1.54, 1.807) is 13.0 Å². The number of carbonyl (C=O) groups is 1. The van der Waals surface area contributed by atoms with Gasteiger partial charge in [0.2, 0.25) is 5.91 Å². The Morgan fingerprint density at radius 3 is 2.88 bits per heavy atom. The van der Waals surface area contributed by atoms with Gasteiger partial charge in [-0.2, -0.15) is 0 Å². The van der Waals surface area contributed by atoms with E-state index in [9.17, 15) is 19.7 Å². The number of aryl methyl sites for hydroxylation is 2. The van der Waals surface area contributed by atoms with Crippen molar-refractivity contribution in [3.05, 3.63) is 50.7 Å². The van der Waals surface area contributed by atoms with Crippen LogP contribution in [0.15, 0.2) is 38.0 Å². The van der Waals surface area contributed by atoms with Crippen LogP contribution in [0.5, 0.6) is 0 Å². The molecule has 124 valence electrons. The van der Waals surface area contributed by atoms with Crippen molar-refractivity contribution in [2.75, 3.05) is 5.32 Å². The van der Waals surface area contributed by atoms with Crippen molar-refractivity contribution >= 4 is 28.5 Å². The zero-order valence-corrected chi connectivity index (χ0v) is 12.5. The summed E-state index contributed by atoms with van der Waals surface area (Å²) >= 11 is 0. The maximum Gasteiger partial charge on any atom is 0.419 e. The molecule has 0 spiro atoms. The molecule has 0 unspecified atom stereocenters. The van der Waals surface area contributed by atoms with E-state index in [1.165, 1.54) is 22.8 Å². The van der Waals surface area contributed by atoms with Crippen molar-refractivity contribution in [1.29, 1.82) is 0 Å². The van der Waals surface area contributed by atoms with Crippen LogP contribution in [0.1, 0.15) is 12.2 Å². The number of fused-ring (bicyclic) bond motifs is 1. The molecule has 1 N–H and O–H groups in total. The quantitative estimate of drug-likeness (QED) is 0.556. The van der Waals surface area contributed by atoms with E-state index in [-0.39, 0.29) is 36.0 Å². The van der Waals surface area contributed by atoms with Crippen LogP contribution in [-0.2, 0) is 11.3 Å². The summed E-state index contributed by atoms with van der Waals surface area (Å²) in [6.45, 7) is 1.76. The molecular weight excluding hydrogens is 320 g/mol. The van der Waals surface area contributed by atoms with Gasteiger partial charge in [-0.05, 0) is 13.0 Å². The molecule has 10 nitrogen and oxygen atoms in total. The van der Waals surface area contributed by atoms with Crippen LogP contribution in [0.4, 0.5) is 11.5 Å². The molecule has 0 aliphatic carbocycles. The fraction of sp³-hybridized carbons (Fsp3) is 0.214. The molecule has 10 heteroatoms. The third-order valence-corrected chi connectivity index (χ3v) is 3.32. The highest BCUT2D eigenvalue weighted by atomic mass is 16.6. The van der Waals surface area contributed by atoms with Crippen LogP contribution in [0, 0.1) is 17.0 Å². The van der Waals surface area contributed by atoms with Crippen LogP contribution >= 0.6 is 0 Å². The largest absolute Gasteiger partial charge is 0.419 e. The van der Waals surface area contributed by atoms with E-state index < -0.39 is 10.7 Å². The number of carbonyl (C=O) groups excluding carboxylic acids is 1. The van der Waals surface area contributed by atoms with Gasteiger partial charge in [0.25, 0.3) is 5.69 Å². The Bertz CT molecular complexity index is 983. The summed E-state index contributed by atoms with van der Waals surface area (Å²) in [5, 5.41) is 16.9. The number of non-ortho nitro benzene ring substituents is 1. The highest BCUT2D eigenvalue weighted by molar-refractivity contribution is 5.89. The lowest BCUT2D eigenvalue weighted by Crippen LogP contribution is -2.19. The number of hydrogen-bond donors (Lipinski definition) is 1. The van der Waals surface area contributed by atoms with Crippen LogP contribution in [0.2, 0.25) is 0 Å². The fourth-order valence-electron chi connectivity index (χ4n) is 2.22. The molecule has 1 aromatic carbocycles. The molecule has 0 bridgehead atoms. The fourth-order valence-corrected chi connectivity index (χ4v) is 2.22. The Labute approximate surface area is 133 Å². The van der Waals surface area contributed by atoms with Crippen molar-refractivity contribution in [2.45, 2.75) is 19.9 Å². The first kappa shape index (κ1) is 15.5. The van der Waals surface area contributed by atoms with Gasteiger partial charge < -0.3 is 14.3 Å². The van der Waals surface area contributed by atoms with Crippen LogP contribution in [-0.4, -0.2) is 20.6 Å². The number of nitro groups is 1. The van der Waals surface area contributed by atoms with Gasteiger partial charge in [0, 0.05) is 25.1 Å². The third kappa shape index (κ3) is 3.02. The molecule has 0 atom stereocenters. The lowest BCUT2D eigenvalue weighted by atomic mass is 10.3. The summed E-state index contributed by atoms with van der Waals surface area (Å²) in [5.74, 6) is -0.191. The van der Waals surface area contributed by atoms with Crippen molar-refractivity contribution in [3.63, 3.8) is 0 Å². The number of nitro benzene ring substituents is 1. The van der Waals surface area contributed by atoms with E-state index >= 15 is 0 Å². The average molecular weight is 332 g/mol. The second kappa shape index (κ2) is 5.99. The molecule has 0 saturated carbocycles. The Kier molecular flexibility index (Phi) is 3.86. The number of anilines is 1. The van der Waals surface area contributed by atoms with Gasteiger partial charge in [0.05, 0.1) is 16.5 Å². The maximum absolute atomic E-state index is 11.9. The zero-order chi connectivity index (χ0) is 17.3.